The molecule has 3 rings (SSSR count). The molecule has 1 aromatic heterocycles. The number of guanidine groups is 1. The average molecular weight is 415 g/mol. The third-order valence-corrected chi connectivity index (χ3v) is 5.57. The summed E-state index contributed by atoms with van der Waals surface area (Å²) < 4.78 is 12.8. The van der Waals surface area contributed by atoms with E-state index in [1.165, 1.54) is 5.56 Å². The number of nitrogens with zero attached hydrogens (tertiary/aromatic N) is 5. The Balaban J connectivity index is 1.67. The van der Waals surface area contributed by atoms with E-state index in [-0.39, 0.29) is 6.04 Å². The Morgan fingerprint density at radius 2 is 2.07 bits per heavy atom. The maximum atomic E-state index is 5.75. The van der Waals surface area contributed by atoms with Crippen LogP contribution < -0.4 is 5.32 Å². The highest BCUT2D eigenvalue weighted by Gasteiger charge is 2.26. The number of aryl methyl sites for hydroxylation is 1. The highest BCUT2D eigenvalue weighted by molar-refractivity contribution is 5.80. The van der Waals surface area contributed by atoms with Crippen molar-refractivity contribution >= 4 is 5.96 Å². The molecule has 164 valence electrons. The molecule has 1 fully saturated rings. The molecule has 2 unspecified atom stereocenters. The van der Waals surface area contributed by atoms with E-state index in [0.717, 1.165) is 43.7 Å². The van der Waals surface area contributed by atoms with Crippen LogP contribution in [0.15, 0.2) is 35.3 Å². The molecule has 2 atom stereocenters. The van der Waals surface area contributed by atoms with Crippen LogP contribution in [0.2, 0.25) is 0 Å². The van der Waals surface area contributed by atoms with Crippen LogP contribution in [0.4, 0.5) is 0 Å². The van der Waals surface area contributed by atoms with Gasteiger partial charge in [0.05, 0.1) is 25.9 Å². The lowest BCUT2D eigenvalue weighted by atomic mass is 10.1. The van der Waals surface area contributed by atoms with E-state index in [1.54, 1.807) is 7.11 Å². The van der Waals surface area contributed by atoms with Gasteiger partial charge in [0.2, 0.25) is 0 Å². The Bertz CT molecular complexity index is 807. The standard InChI is InChI=1S/C22H34N6O2/c1-17(20-8-6-5-7-9-20)24-22(23-14-21-26-25-18(2)27(21)3)28-11-10-19(15-28)16-30-13-12-29-4/h5-9,17,19H,10-16H2,1-4H3,(H,23,24). The molecule has 1 saturated heterocycles. The Morgan fingerprint density at radius 1 is 1.27 bits per heavy atom. The third-order valence-electron chi connectivity index (χ3n) is 5.57. The first-order chi connectivity index (χ1) is 14.6. The summed E-state index contributed by atoms with van der Waals surface area (Å²) in [5.41, 5.74) is 1.23. The van der Waals surface area contributed by atoms with Crippen molar-refractivity contribution in [2.45, 2.75) is 32.9 Å². The number of likely N-dealkylation sites (tertiary alicyclic amines) is 1. The second kappa shape index (κ2) is 11.1. The first kappa shape index (κ1) is 22.2. The largest absolute Gasteiger partial charge is 0.382 e. The second-order valence-electron chi connectivity index (χ2n) is 7.81. The first-order valence-electron chi connectivity index (χ1n) is 10.6. The van der Waals surface area contributed by atoms with Crippen molar-refractivity contribution < 1.29 is 9.47 Å². The molecule has 2 heterocycles. The predicted molar refractivity (Wildman–Crippen MR) is 117 cm³/mol. The fourth-order valence-electron chi connectivity index (χ4n) is 3.54. The smallest absolute Gasteiger partial charge is 0.194 e. The second-order valence-corrected chi connectivity index (χ2v) is 7.81. The normalized spacial score (nSPS) is 18.1. The van der Waals surface area contributed by atoms with Crippen LogP contribution in [0.1, 0.15) is 36.6 Å². The summed E-state index contributed by atoms with van der Waals surface area (Å²) in [6.07, 6.45) is 1.09. The average Bonchev–Trinajstić information content (AvgIpc) is 3.36. The number of hydrogen-bond donors (Lipinski definition) is 1. The van der Waals surface area contributed by atoms with Crippen LogP contribution in [0.5, 0.6) is 0 Å². The molecule has 1 aromatic carbocycles. The molecular weight excluding hydrogens is 380 g/mol. The minimum atomic E-state index is 0.156. The third kappa shape index (κ3) is 6.03. The summed E-state index contributed by atoms with van der Waals surface area (Å²) in [4.78, 5) is 7.23. The van der Waals surface area contributed by atoms with Crippen LogP contribution in [0.3, 0.4) is 0 Å². The highest BCUT2D eigenvalue weighted by Crippen LogP contribution is 2.19. The van der Waals surface area contributed by atoms with Gasteiger partial charge in [-0.25, -0.2) is 4.99 Å². The molecule has 0 saturated carbocycles. The van der Waals surface area contributed by atoms with Crippen LogP contribution in [0, 0.1) is 12.8 Å². The molecule has 1 N–H and O–H groups in total. The minimum Gasteiger partial charge on any atom is -0.382 e. The zero-order valence-corrected chi connectivity index (χ0v) is 18.5. The SMILES string of the molecule is COCCOCC1CCN(C(=NCc2nnc(C)n2C)NC(C)c2ccccc2)C1. The van der Waals surface area contributed by atoms with Crippen molar-refractivity contribution in [3.05, 3.63) is 47.5 Å². The van der Waals surface area contributed by atoms with Crippen molar-refractivity contribution in [2.24, 2.45) is 18.0 Å². The molecule has 0 amide bonds. The summed E-state index contributed by atoms with van der Waals surface area (Å²) in [7, 11) is 3.67. The summed E-state index contributed by atoms with van der Waals surface area (Å²) in [6, 6.07) is 10.6. The fraction of sp³-hybridized carbons (Fsp3) is 0.591. The van der Waals surface area contributed by atoms with Gasteiger partial charge in [-0.05, 0) is 25.8 Å². The Kier molecular flexibility index (Phi) is 8.21. The van der Waals surface area contributed by atoms with Gasteiger partial charge < -0.3 is 24.3 Å². The Hall–Kier alpha value is -2.45. The van der Waals surface area contributed by atoms with Gasteiger partial charge in [-0.3, -0.25) is 0 Å². The number of aromatic nitrogens is 3. The topological polar surface area (TPSA) is 76.8 Å². The molecule has 8 nitrogen and oxygen atoms in total. The van der Waals surface area contributed by atoms with E-state index in [2.05, 4.69) is 51.6 Å². The first-order valence-corrected chi connectivity index (χ1v) is 10.6. The van der Waals surface area contributed by atoms with Crippen molar-refractivity contribution in [2.75, 3.05) is 40.0 Å². The molecule has 1 aliphatic heterocycles. The summed E-state index contributed by atoms with van der Waals surface area (Å²) in [5.74, 6) is 3.16. The number of aliphatic imine (C=N–C) groups is 1. The van der Waals surface area contributed by atoms with Gasteiger partial charge in [0.1, 0.15) is 12.4 Å². The summed E-state index contributed by atoms with van der Waals surface area (Å²) in [5, 5.41) is 12.0. The Morgan fingerprint density at radius 3 is 2.77 bits per heavy atom. The lowest BCUT2D eigenvalue weighted by Crippen LogP contribution is -2.41. The van der Waals surface area contributed by atoms with Gasteiger partial charge in [0.15, 0.2) is 11.8 Å². The molecule has 0 aliphatic carbocycles. The lowest BCUT2D eigenvalue weighted by molar-refractivity contribution is 0.0536. The van der Waals surface area contributed by atoms with Gasteiger partial charge >= 0.3 is 0 Å². The van der Waals surface area contributed by atoms with Crippen molar-refractivity contribution in [1.29, 1.82) is 0 Å². The van der Waals surface area contributed by atoms with Crippen LogP contribution in [-0.4, -0.2) is 65.6 Å². The number of rotatable bonds is 9. The van der Waals surface area contributed by atoms with Gasteiger partial charge in [0.25, 0.3) is 0 Å². The predicted octanol–water partition coefficient (Wildman–Crippen LogP) is 2.32. The monoisotopic (exact) mass is 414 g/mol. The molecule has 2 aromatic rings. The number of nitrogens with one attached hydrogen (secondary N) is 1. The Labute approximate surface area is 179 Å². The van der Waals surface area contributed by atoms with E-state index < -0.39 is 0 Å². The van der Waals surface area contributed by atoms with Crippen LogP contribution >= 0.6 is 0 Å². The van der Waals surface area contributed by atoms with E-state index in [9.17, 15) is 0 Å². The van der Waals surface area contributed by atoms with Gasteiger partial charge in [-0.1, -0.05) is 30.3 Å². The maximum absolute atomic E-state index is 5.75. The molecule has 0 bridgehead atoms. The molecular formula is C22H34N6O2. The quantitative estimate of drug-likeness (QED) is 0.386. The number of methoxy groups -OCH3 is 1. The number of ether oxygens (including phenoxy) is 2. The maximum Gasteiger partial charge on any atom is 0.194 e. The van der Waals surface area contributed by atoms with Gasteiger partial charge in [0, 0.05) is 33.2 Å². The summed E-state index contributed by atoms with van der Waals surface area (Å²) >= 11 is 0. The number of hydrogen-bond acceptors (Lipinski definition) is 5. The fourth-order valence-corrected chi connectivity index (χ4v) is 3.54. The molecule has 0 radical (unpaired) electrons. The van der Waals surface area contributed by atoms with Crippen LogP contribution in [0.25, 0.3) is 0 Å². The van der Waals surface area contributed by atoms with Gasteiger partial charge in [-0.15, -0.1) is 10.2 Å². The molecule has 0 spiro atoms. The van der Waals surface area contributed by atoms with E-state index in [4.69, 9.17) is 14.5 Å². The van der Waals surface area contributed by atoms with Gasteiger partial charge in [-0.2, -0.15) is 0 Å². The molecule has 30 heavy (non-hydrogen) atoms. The van der Waals surface area contributed by atoms with Crippen LogP contribution in [-0.2, 0) is 23.1 Å². The van der Waals surface area contributed by atoms with E-state index in [1.807, 2.05) is 24.6 Å². The minimum absolute atomic E-state index is 0.156. The zero-order valence-electron chi connectivity index (χ0n) is 18.5. The van der Waals surface area contributed by atoms with Crippen molar-refractivity contribution in [3.63, 3.8) is 0 Å². The van der Waals surface area contributed by atoms with E-state index in [0.29, 0.717) is 25.7 Å². The number of benzene rings is 1. The summed E-state index contributed by atoms with van der Waals surface area (Å²) in [6.45, 7) is 8.53. The van der Waals surface area contributed by atoms with Crippen molar-refractivity contribution in [3.8, 4) is 0 Å². The molecule has 1 aliphatic rings. The zero-order chi connectivity index (χ0) is 21.3. The lowest BCUT2D eigenvalue weighted by Gasteiger charge is -2.25. The van der Waals surface area contributed by atoms with E-state index >= 15 is 0 Å². The highest BCUT2D eigenvalue weighted by atomic mass is 16.5. The molecule has 8 heteroatoms. The van der Waals surface area contributed by atoms with Crippen molar-refractivity contribution in [1.82, 2.24) is 25.0 Å².